The number of benzene rings is 3. The van der Waals surface area contributed by atoms with Crippen LogP contribution >= 0.6 is 11.6 Å². The summed E-state index contributed by atoms with van der Waals surface area (Å²) in [6.45, 7) is 0.536. The molecule has 2 aliphatic rings. The lowest BCUT2D eigenvalue weighted by atomic mass is 9.94. The van der Waals surface area contributed by atoms with Crippen LogP contribution in [0, 0.1) is 5.82 Å². The van der Waals surface area contributed by atoms with Crippen LogP contribution in [0.4, 0.5) is 10.1 Å². The van der Waals surface area contributed by atoms with E-state index in [9.17, 15) is 19.1 Å². The average molecular weight is 450 g/mol. The topological polar surface area (TPSA) is 66.8 Å². The molecule has 0 saturated carbocycles. The Kier molecular flexibility index (Phi) is 4.94. The third-order valence-electron chi connectivity index (χ3n) is 5.69. The summed E-state index contributed by atoms with van der Waals surface area (Å²) in [4.78, 5) is 27.4. The normalized spacial score (nSPS) is 19.2. The third-order valence-corrected chi connectivity index (χ3v) is 5.93. The van der Waals surface area contributed by atoms with Crippen LogP contribution in [0.5, 0.6) is 5.75 Å². The van der Waals surface area contributed by atoms with Crippen molar-refractivity contribution in [3.63, 3.8) is 0 Å². The summed E-state index contributed by atoms with van der Waals surface area (Å²) >= 11 is 6.11. The lowest BCUT2D eigenvalue weighted by Gasteiger charge is -2.26. The number of ether oxygens (including phenoxy) is 1. The van der Waals surface area contributed by atoms with E-state index in [-0.39, 0.29) is 16.9 Å². The molecular weight excluding hydrogens is 433 g/mol. The summed E-state index contributed by atoms with van der Waals surface area (Å²) in [6, 6.07) is 16.2. The number of halogens is 2. The minimum absolute atomic E-state index is 0.0951. The second-order valence-corrected chi connectivity index (χ2v) is 8.03. The van der Waals surface area contributed by atoms with Crippen LogP contribution < -0.4 is 9.64 Å². The van der Waals surface area contributed by atoms with Crippen LogP contribution in [0.15, 0.2) is 72.3 Å². The highest BCUT2D eigenvalue weighted by atomic mass is 35.5. The van der Waals surface area contributed by atoms with E-state index < -0.39 is 23.5 Å². The quantitative estimate of drug-likeness (QED) is 0.345. The van der Waals surface area contributed by atoms with Crippen LogP contribution in [0.25, 0.3) is 5.76 Å². The predicted molar refractivity (Wildman–Crippen MR) is 118 cm³/mol. The van der Waals surface area contributed by atoms with Gasteiger partial charge in [0.05, 0.1) is 18.2 Å². The molecule has 5 rings (SSSR count). The fourth-order valence-electron chi connectivity index (χ4n) is 4.21. The first-order chi connectivity index (χ1) is 15.5. The molecule has 32 heavy (non-hydrogen) atoms. The molecule has 1 saturated heterocycles. The SMILES string of the molecule is O=C1C(=O)N(c2cccc(Cl)c2)C(c2ccccc2F)/C1=C(\O)c1ccc2c(c1)CCO2. The zero-order chi connectivity index (χ0) is 22.4. The molecule has 2 aliphatic heterocycles. The molecule has 1 amide bonds. The van der Waals surface area contributed by atoms with Gasteiger partial charge in [-0.1, -0.05) is 35.9 Å². The molecule has 3 aromatic rings. The van der Waals surface area contributed by atoms with E-state index in [1.54, 1.807) is 42.5 Å². The van der Waals surface area contributed by atoms with Crippen molar-refractivity contribution < 1.29 is 23.8 Å². The van der Waals surface area contributed by atoms with E-state index in [2.05, 4.69) is 0 Å². The number of carbonyl (C=O) groups excluding carboxylic acids is 2. The molecule has 3 aromatic carbocycles. The maximum Gasteiger partial charge on any atom is 0.300 e. The average Bonchev–Trinajstić information content (AvgIpc) is 3.36. The minimum atomic E-state index is -1.15. The Labute approximate surface area is 188 Å². The van der Waals surface area contributed by atoms with Gasteiger partial charge in [-0.05, 0) is 48.0 Å². The number of aliphatic hydroxyl groups is 1. The van der Waals surface area contributed by atoms with Crippen molar-refractivity contribution in [2.24, 2.45) is 0 Å². The second kappa shape index (κ2) is 7.80. The van der Waals surface area contributed by atoms with Crippen LogP contribution in [0.3, 0.4) is 0 Å². The van der Waals surface area contributed by atoms with Gasteiger partial charge in [-0.15, -0.1) is 0 Å². The van der Waals surface area contributed by atoms with Gasteiger partial charge in [-0.2, -0.15) is 0 Å². The molecule has 5 nitrogen and oxygen atoms in total. The first kappa shape index (κ1) is 20.3. The van der Waals surface area contributed by atoms with Crippen LogP contribution in [0.1, 0.15) is 22.7 Å². The number of anilines is 1. The highest BCUT2D eigenvalue weighted by Crippen LogP contribution is 2.43. The molecule has 1 N–H and O–H groups in total. The molecule has 0 radical (unpaired) electrons. The van der Waals surface area contributed by atoms with Gasteiger partial charge in [-0.25, -0.2) is 4.39 Å². The van der Waals surface area contributed by atoms with Crippen molar-refractivity contribution in [3.8, 4) is 5.75 Å². The molecule has 1 unspecified atom stereocenters. The largest absolute Gasteiger partial charge is 0.507 e. The number of carbonyl (C=O) groups is 2. The van der Waals surface area contributed by atoms with E-state index >= 15 is 0 Å². The van der Waals surface area contributed by atoms with E-state index in [0.717, 1.165) is 5.56 Å². The Balaban J connectivity index is 1.73. The van der Waals surface area contributed by atoms with Crippen LogP contribution in [-0.2, 0) is 16.0 Å². The molecule has 7 heteroatoms. The maximum atomic E-state index is 14.9. The summed E-state index contributed by atoms with van der Waals surface area (Å²) in [6.07, 6.45) is 0.671. The number of rotatable bonds is 3. The summed E-state index contributed by atoms with van der Waals surface area (Å²) in [5.41, 5.74) is 1.49. The van der Waals surface area contributed by atoms with Crippen molar-refractivity contribution in [3.05, 3.63) is 99.8 Å². The third kappa shape index (κ3) is 3.24. The van der Waals surface area contributed by atoms with Gasteiger partial charge in [-0.3, -0.25) is 14.5 Å². The Morgan fingerprint density at radius 1 is 1.06 bits per heavy atom. The van der Waals surface area contributed by atoms with Crippen LogP contribution in [0.2, 0.25) is 5.02 Å². The number of ketones is 1. The molecule has 0 aromatic heterocycles. The molecule has 0 aliphatic carbocycles. The zero-order valence-corrected chi connectivity index (χ0v) is 17.5. The molecule has 160 valence electrons. The second-order valence-electron chi connectivity index (χ2n) is 7.59. The molecule has 1 atom stereocenters. The van der Waals surface area contributed by atoms with E-state index in [1.165, 1.54) is 29.2 Å². The Morgan fingerprint density at radius 2 is 1.88 bits per heavy atom. The number of aliphatic hydroxyl groups excluding tert-OH is 1. The van der Waals surface area contributed by atoms with Crippen molar-refractivity contribution in [1.82, 2.24) is 0 Å². The van der Waals surface area contributed by atoms with Crippen molar-refractivity contribution in [2.45, 2.75) is 12.5 Å². The summed E-state index contributed by atoms with van der Waals surface area (Å²) in [5, 5.41) is 11.5. The van der Waals surface area contributed by atoms with Crippen molar-refractivity contribution >= 4 is 34.7 Å². The maximum absolute atomic E-state index is 14.9. The Bertz CT molecular complexity index is 1300. The van der Waals surface area contributed by atoms with Crippen molar-refractivity contribution in [1.29, 1.82) is 0 Å². The molecule has 1 fully saturated rings. The van der Waals surface area contributed by atoms with Gasteiger partial charge in [0.2, 0.25) is 0 Å². The van der Waals surface area contributed by atoms with Crippen molar-refractivity contribution in [2.75, 3.05) is 11.5 Å². The zero-order valence-electron chi connectivity index (χ0n) is 16.7. The number of amides is 1. The summed E-state index contributed by atoms with van der Waals surface area (Å²) < 4.78 is 20.4. The predicted octanol–water partition coefficient (Wildman–Crippen LogP) is 5.04. The van der Waals surface area contributed by atoms with E-state index in [0.29, 0.717) is 35.1 Å². The minimum Gasteiger partial charge on any atom is -0.507 e. The first-order valence-corrected chi connectivity index (χ1v) is 10.4. The Morgan fingerprint density at radius 3 is 2.66 bits per heavy atom. The number of Topliss-reactive ketones (excluding diaryl/α,β-unsaturated/α-hetero) is 1. The van der Waals surface area contributed by atoms with Crippen LogP contribution in [-0.4, -0.2) is 23.4 Å². The molecule has 2 heterocycles. The van der Waals surface area contributed by atoms with E-state index in [1.807, 2.05) is 0 Å². The smallest absolute Gasteiger partial charge is 0.300 e. The van der Waals surface area contributed by atoms with Gasteiger partial charge in [0, 0.05) is 28.3 Å². The lowest BCUT2D eigenvalue weighted by Crippen LogP contribution is -2.29. The summed E-state index contributed by atoms with van der Waals surface area (Å²) in [5.74, 6) is -2.01. The number of hydrogen-bond donors (Lipinski definition) is 1. The fourth-order valence-corrected chi connectivity index (χ4v) is 4.39. The standard InChI is InChI=1S/C25H17ClFNO4/c26-16-4-3-5-17(13-16)28-22(18-6-1-2-7-19(18)27)21(24(30)25(28)31)23(29)15-8-9-20-14(12-15)10-11-32-20/h1-9,12-13,22,29H,10-11H2/b23-21+. The number of fused-ring (bicyclic) bond motifs is 1. The first-order valence-electron chi connectivity index (χ1n) is 10.0. The van der Waals surface area contributed by atoms with Gasteiger partial charge < -0.3 is 9.84 Å². The fraction of sp³-hybridized carbons (Fsp3) is 0.120. The molecular formula is C25H17ClFNO4. The van der Waals surface area contributed by atoms with Gasteiger partial charge >= 0.3 is 0 Å². The summed E-state index contributed by atoms with van der Waals surface area (Å²) in [7, 11) is 0. The van der Waals surface area contributed by atoms with E-state index in [4.69, 9.17) is 16.3 Å². The van der Waals surface area contributed by atoms with Gasteiger partial charge in [0.15, 0.2) is 0 Å². The number of nitrogens with zero attached hydrogens (tertiary/aromatic N) is 1. The number of hydrogen-bond acceptors (Lipinski definition) is 4. The Hall–Kier alpha value is -3.64. The lowest BCUT2D eigenvalue weighted by molar-refractivity contribution is -0.132. The molecule has 0 bridgehead atoms. The highest BCUT2D eigenvalue weighted by Gasteiger charge is 2.47. The highest BCUT2D eigenvalue weighted by molar-refractivity contribution is 6.51. The molecule has 0 spiro atoms. The van der Waals surface area contributed by atoms with Gasteiger partial charge in [0.1, 0.15) is 17.3 Å². The van der Waals surface area contributed by atoms with Gasteiger partial charge in [0.25, 0.3) is 11.7 Å². The monoisotopic (exact) mass is 449 g/mol.